The number of ether oxygens (including phenoxy) is 5. The number of hydrogen-bond acceptors (Lipinski definition) is 7. The normalized spacial score (nSPS) is 10.8. The number of carboxylic acid groups (broad SMARTS) is 1. The van der Waals surface area contributed by atoms with Crippen LogP contribution in [0, 0.1) is 0 Å². The average Bonchev–Trinajstić information content (AvgIpc) is 2.43. The number of carbonyl (C=O) groups is 1. The van der Waals surface area contributed by atoms with E-state index in [1.807, 2.05) is 0 Å². The Morgan fingerprint density at radius 2 is 1.20 bits per heavy atom. The van der Waals surface area contributed by atoms with Gasteiger partial charge in [-0.2, -0.15) is 0 Å². The summed E-state index contributed by atoms with van der Waals surface area (Å²) in [5.41, 5.74) is 5.25. The summed E-state index contributed by atoms with van der Waals surface area (Å²) in [6.07, 6.45) is 0.00937. The van der Waals surface area contributed by atoms with E-state index in [9.17, 15) is 4.79 Å². The second kappa shape index (κ2) is 16.3. The zero-order chi connectivity index (χ0) is 14.9. The smallest absolute Gasteiger partial charge is 0.305 e. The first kappa shape index (κ1) is 19.2. The van der Waals surface area contributed by atoms with Gasteiger partial charge in [0.2, 0.25) is 0 Å². The Bertz CT molecular complexity index is 216. The molecule has 0 radical (unpaired) electrons. The molecule has 0 unspecified atom stereocenters. The highest BCUT2D eigenvalue weighted by molar-refractivity contribution is 5.66. The summed E-state index contributed by atoms with van der Waals surface area (Å²) in [5.74, 6) is -0.868. The molecule has 0 bridgehead atoms. The largest absolute Gasteiger partial charge is 0.481 e. The minimum Gasteiger partial charge on any atom is -0.481 e. The van der Waals surface area contributed by atoms with Crippen LogP contribution in [0.15, 0.2) is 0 Å². The molecule has 0 aromatic rings. The zero-order valence-corrected chi connectivity index (χ0v) is 11.8. The van der Waals surface area contributed by atoms with Crippen LogP contribution >= 0.6 is 0 Å². The minimum atomic E-state index is -0.868. The molecule has 8 nitrogen and oxygen atoms in total. The Morgan fingerprint density at radius 1 is 0.750 bits per heavy atom. The van der Waals surface area contributed by atoms with Crippen molar-refractivity contribution in [3.8, 4) is 0 Å². The molecule has 0 saturated carbocycles. The van der Waals surface area contributed by atoms with Crippen LogP contribution in [0.1, 0.15) is 6.42 Å². The molecule has 0 amide bonds. The molecule has 3 N–H and O–H groups in total. The molecule has 0 aliphatic carbocycles. The molecule has 0 rings (SSSR count). The summed E-state index contributed by atoms with van der Waals surface area (Å²) in [5, 5.41) is 8.36. The van der Waals surface area contributed by atoms with Crippen molar-refractivity contribution < 1.29 is 33.6 Å². The molecule has 0 aromatic carbocycles. The first-order valence-corrected chi connectivity index (χ1v) is 6.58. The van der Waals surface area contributed by atoms with Crippen LogP contribution in [-0.4, -0.2) is 77.3 Å². The number of carboxylic acids is 1. The monoisotopic (exact) mass is 295 g/mol. The summed E-state index contributed by atoms with van der Waals surface area (Å²) >= 11 is 0. The molecule has 0 fully saturated rings. The van der Waals surface area contributed by atoms with Crippen molar-refractivity contribution in [2.24, 2.45) is 5.73 Å². The predicted molar refractivity (Wildman–Crippen MR) is 70.5 cm³/mol. The van der Waals surface area contributed by atoms with E-state index < -0.39 is 5.97 Å². The van der Waals surface area contributed by atoms with Gasteiger partial charge in [-0.1, -0.05) is 0 Å². The van der Waals surface area contributed by atoms with Crippen LogP contribution in [0.3, 0.4) is 0 Å². The lowest BCUT2D eigenvalue weighted by molar-refractivity contribution is -0.138. The maximum Gasteiger partial charge on any atom is 0.305 e. The van der Waals surface area contributed by atoms with Gasteiger partial charge in [-0.3, -0.25) is 4.79 Å². The van der Waals surface area contributed by atoms with Crippen molar-refractivity contribution in [2.75, 3.05) is 66.2 Å². The highest BCUT2D eigenvalue weighted by atomic mass is 16.7. The van der Waals surface area contributed by atoms with Gasteiger partial charge in [-0.15, -0.1) is 0 Å². The third kappa shape index (κ3) is 17.2. The lowest BCUT2D eigenvalue weighted by atomic mass is 10.5. The number of hydrogen-bond donors (Lipinski definition) is 2. The third-order valence-corrected chi connectivity index (χ3v) is 2.01. The van der Waals surface area contributed by atoms with Gasteiger partial charge < -0.3 is 34.5 Å². The van der Waals surface area contributed by atoms with E-state index in [0.717, 1.165) is 0 Å². The van der Waals surface area contributed by atoms with Crippen LogP contribution < -0.4 is 5.73 Å². The first-order valence-electron chi connectivity index (χ1n) is 6.58. The summed E-state index contributed by atoms with van der Waals surface area (Å²) in [6, 6.07) is 0. The number of aliphatic carboxylic acids is 1. The number of rotatable bonds is 16. The van der Waals surface area contributed by atoms with Crippen LogP contribution in [0.2, 0.25) is 0 Å². The Kier molecular flexibility index (Phi) is 15.7. The van der Waals surface area contributed by atoms with Gasteiger partial charge in [0.05, 0.1) is 59.3 Å². The lowest BCUT2D eigenvalue weighted by Crippen LogP contribution is -2.14. The van der Waals surface area contributed by atoms with E-state index in [1.165, 1.54) is 0 Å². The molecule has 0 aromatic heterocycles. The van der Waals surface area contributed by atoms with Crippen molar-refractivity contribution in [1.29, 1.82) is 0 Å². The second-order valence-electron chi connectivity index (χ2n) is 3.70. The quantitative estimate of drug-likeness (QED) is 0.289. The molecule has 0 heterocycles. The number of nitrogens with two attached hydrogens (primary N) is 1. The molecule has 0 saturated heterocycles. The van der Waals surface area contributed by atoms with Gasteiger partial charge in [0.1, 0.15) is 6.79 Å². The minimum absolute atomic E-state index is 0.00937. The lowest BCUT2D eigenvalue weighted by Gasteiger charge is -2.07. The SMILES string of the molecule is NCCOCCOCOCCOCCOCCC(=O)O. The van der Waals surface area contributed by atoms with E-state index in [2.05, 4.69) is 0 Å². The maximum atomic E-state index is 10.2. The Hall–Kier alpha value is -0.770. The highest BCUT2D eigenvalue weighted by Gasteiger charge is 1.96. The van der Waals surface area contributed by atoms with E-state index in [-0.39, 0.29) is 19.8 Å². The van der Waals surface area contributed by atoms with E-state index in [1.54, 1.807) is 0 Å². The van der Waals surface area contributed by atoms with E-state index >= 15 is 0 Å². The molecule has 20 heavy (non-hydrogen) atoms. The summed E-state index contributed by atoms with van der Waals surface area (Å²) in [4.78, 5) is 10.2. The van der Waals surface area contributed by atoms with Crippen molar-refractivity contribution in [3.63, 3.8) is 0 Å². The van der Waals surface area contributed by atoms with Crippen molar-refractivity contribution >= 4 is 5.97 Å². The fourth-order valence-corrected chi connectivity index (χ4v) is 1.08. The van der Waals surface area contributed by atoms with Crippen LogP contribution in [0.4, 0.5) is 0 Å². The van der Waals surface area contributed by atoms with Gasteiger partial charge in [-0.25, -0.2) is 0 Å². The maximum absolute atomic E-state index is 10.2. The molecule has 8 heteroatoms. The highest BCUT2D eigenvalue weighted by Crippen LogP contribution is 1.85. The molecule has 0 atom stereocenters. The van der Waals surface area contributed by atoms with Gasteiger partial charge in [0.25, 0.3) is 0 Å². The first-order chi connectivity index (χ1) is 9.77. The molecule has 0 aliphatic rings. The van der Waals surface area contributed by atoms with Crippen LogP contribution in [0.25, 0.3) is 0 Å². The molecular weight excluding hydrogens is 270 g/mol. The van der Waals surface area contributed by atoms with Gasteiger partial charge in [0, 0.05) is 6.54 Å². The van der Waals surface area contributed by atoms with Crippen molar-refractivity contribution in [3.05, 3.63) is 0 Å². The summed E-state index contributed by atoms with van der Waals surface area (Å²) < 4.78 is 25.7. The third-order valence-electron chi connectivity index (χ3n) is 2.01. The molecule has 0 spiro atoms. The second-order valence-corrected chi connectivity index (χ2v) is 3.70. The van der Waals surface area contributed by atoms with Gasteiger partial charge in [0.15, 0.2) is 0 Å². The summed E-state index contributed by atoms with van der Waals surface area (Å²) in [7, 11) is 0. The van der Waals surface area contributed by atoms with Crippen molar-refractivity contribution in [2.45, 2.75) is 6.42 Å². The zero-order valence-electron chi connectivity index (χ0n) is 11.8. The van der Waals surface area contributed by atoms with E-state index in [0.29, 0.717) is 52.8 Å². The molecule has 0 aliphatic heterocycles. The van der Waals surface area contributed by atoms with Crippen LogP contribution in [0.5, 0.6) is 0 Å². The predicted octanol–water partition coefficient (Wildman–Crippen LogP) is -0.540. The standard InChI is InChI=1S/C12H25NO7/c13-2-4-17-7-9-19-11-20-10-8-18-6-5-16-3-1-12(14)15/h1-11,13H2,(H,14,15). The Labute approximate surface area is 119 Å². The Morgan fingerprint density at radius 3 is 1.70 bits per heavy atom. The topological polar surface area (TPSA) is 109 Å². The van der Waals surface area contributed by atoms with Gasteiger partial charge >= 0.3 is 5.97 Å². The van der Waals surface area contributed by atoms with E-state index in [4.69, 9.17) is 34.5 Å². The fraction of sp³-hybridized carbons (Fsp3) is 0.917. The van der Waals surface area contributed by atoms with Gasteiger partial charge in [-0.05, 0) is 0 Å². The molecular formula is C12H25NO7. The Balaban J connectivity index is 2.94. The molecule has 120 valence electrons. The average molecular weight is 295 g/mol. The van der Waals surface area contributed by atoms with Crippen LogP contribution in [-0.2, 0) is 28.5 Å². The summed E-state index contributed by atoms with van der Waals surface area (Å²) in [6.45, 7) is 4.08. The van der Waals surface area contributed by atoms with Crippen molar-refractivity contribution in [1.82, 2.24) is 0 Å². The fourth-order valence-electron chi connectivity index (χ4n) is 1.08.